The Balaban J connectivity index is 1.56. The van der Waals surface area contributed by atoms with E-state index in [0.29, 0.717) is 10.8 Å². The van der Waals surface area contributed by atoms with Gasteiger partial charge in [-0.1, -0.05) is 11.6 Å². The molecule has 0 saturated carbocycles. The fraction of sp³-hybridized carbons (Fsp3) is 0.222. The standard InChI is InChI=1S/C18H16ClN5O6S/c1-2-29-16(25)7-11-9-31-18(20-11)21-17(26)14-5-6-23(22-14)10-30-15-4-3-12(24(27)28)8-13(15)19/h3-6,8-9H,2,7,10H2,1H3,(H,20,21,26). The lowest BCUT2D eigenvalue weighted by molar-refractivity contribution is -0.384. The van der Waals surface area contributed by atoms with Crippen LogP contribution in [0.25, 0.3) is 0 Å². The van der Waals surface area contributed by atoms with Gasteiger partial charge in [0.1, 0.15) is 5.75 Å². The zero-order valence-electron chi connectivity index (χ0n) is 16.1. The summed E-state index contributed by atoms with van der Waals surface area (Å²) >= 11 is 7.16. The van der Waals surface area contributed by atoms with Crippen LogP contribution in [-0.4, -0.2) is 38.2 Å². The number of hydrogen-bond acceptors (Lipinski definition) is 9. The van der Waals surface area contributed by atoms with E-state index in [2.05, 4.69) is 15.4 Å². The molecule has 0 aliphatic rings. The first-order chi connectivity index (χ1) is 14.9. The normalized spacial score (nSPS) is 10.5. The minimum Gasteiger partial charge on any atom is -0.470 e. The lowest BCUT2D eigenvalue weighted by atomic mass is 10.3. The molecule has 3 rings (SSSR count). The zero-order chi connectivity index (χ0) is 22.4. The number of non-ortho nitro benzene ring substituents is 1. The quantitative estimate of drug-likeness (QED) is 0.288. The lowest BCUT2D eigenvalue weighted by Gasteiger charge is -2.07. The number of nitrogens with one attached hydrogen (secondary N) is 1. The maximum Gasteiger partial charge on any atom is 0.311 e. The van der Waals surface area contributed by atoms with Crippen LogP contribution in [0.1, 0.15) is 23.1 Å². The van der Waals surface area contributed by atoms with E-state index in [1.165, 1.54) is 46.5 Å². The molecule has 0 bridgehead atoms. The van der Waals surface area contributed by atoms with Crippen LogP contribution in [0.2, 0.25) is 5.02 Å². The van der Waals surface area contributed by atoms with Crippen molar-refractivity contribution in [3.05, 3.63) is 62.4 Å². The van der Waals surface area contributed by atoms with E-state index in [4.69, 9.17) is 21.1 Å². The Labute approximate surface area is 184 Å². The second-order valence-electron chi connectivity index (χ2n) is 5.97. The molecule has 2 aromatic heterocycles. The summed E-state index contributed by atoms with van der Waals surface area (Å²) in [5, 5.41) is 19.5. The fourth-order valence-electron chi connectivity index (χ4n) is 2.38. The average Bonchev–Trinajstić information content (AvgIpc) is 3.36. The largest absolute Gasteiger partial charge is 0.470 e. The number of benzene rings is 1. The fourth-order valence-corrected chi connectivity index (χ4v) is 3.31. The number of rotatable bonds is 9. The van der Waals surface area contributed by atoms with Gasteiger partial charge < -0.3 is 9.47 Å². The van der Waals surface area contributed by atoms with Crippen LogP contribution in [0.15, 0.2) is 35.8 Å². The summed E-state index contributed by atoms with van der Waals surface area (Å²) in [4.78, 5) is 38.2. The number of aromatic nitrogens is 3. The van der Waals surface area contributed by atoms with Crippen molar-refractivity contribution in [2.75, 3.05) is 11.9 Å². The smallest absolute Gasteiger partial charge is 0.311 e. The van der Waals surface area contributed by atoms with Gasteiger partial charge in [-0.2, -0.15) is 5.10 Å². The molecular formula is C18H16ClN5O6S. The molecule has 1 amide bonds. The molecule has 0 fully saturated rings. The average molecular weight is 466 g/mol. The minimum atomic E-state index is -0.559. The van der Waals surface area contributed by atoms with Gasteiger partial charge in [-0.3, -0.25) is 25.0 Å². The number of carbonyl (C=O) groups is 2. The van der Waals surface area contributed by atoms with Crippen molar-refractivity contribution >= 4 is 45.6 Å². The number of ether oxygens (including phenoxy) is 2. The van der Waals surface area contributed by atoms with Crippen molar-refractivity contribution in [1.29, 1.82) is 0 Å². The van der Waals surface area contributed by atoms with Crippen molar-refractivity contribution in [3.8, 4) is 5.75 Å². The van der Waals surface area contributed by atoms with Gasteiger partial charge in [-0.25, -0.2) is 9.67 Å². The lowest BCUT2D eigenvalue weighted by Crippen LogP contribution is -2.14. The van der Waals surface area contributed by atoms with Crippen molar-refractivity contribution < 1.29 is 24.0 Å². The third kappa shape index (κ3) is 5.99. The summed E-state index contributed by atoms with van der Waals surface area (Å²) < 4.78 is 11.7. The number of amides is 1. The topological polar surface area (TPSA) is 138 Å². The first-order valence-electron chi connectivity index (χ1n) is 8.87. The van der Waals surface area contributed by atoms with Gasteiger partial charge in [0.2, 0.25) is 0 Å². The number of nitrogens with zero attached hydrogens (tertiary/aromatic N) is 4. The Morgan fingerprint density at radius 3 is 2.87 bits per heavy atom. The van der Waals surface area contributed by atoms with Crippen LogP contribution in [-0.2, 0) is 22.7 Å². The highest BCUT2D eigenvalue weighted by atomic mass is 35.5. The number of halogens is 1. The van der Waals surface area contributed by atoms with E-state index in [0.717, 1.165) is 0 Å². The summed E-state index contributed by atoms with van der Waals surface area (Å²) in [5.41, 5.74) is 0.473. The Morgan fingerprint density at radius 2 is 2.16 bits per heavy atom. The molecular weight excluding hydrogens is 450 g/mol. The third-order valence-corrected chi connectivity index (χ3v) is 4.86. The molecule has 2 heterocycles. The second-order valence-corrected chi connectivity index (χ2v) is 7.23. The van der Waals surface area contributed by atoms with E-state index in [1.807, 2.05) is 0 Å². The Hall–Kier alpha value is -3.51. The maximum atomic E-state index is 12.4. The van der Waals surface area contributed by atoms with Gasteiger partial charge in [0.25, 0.3) is 11.6 Å². The molecule has 13 heteroatoms. The predicted octanol–water partition coefficient (Wildman–Crippen LogP) is 3.30. The van der Waals surface area contributed by atoms with Gasteiger partial charge in [0.15, 0.2) is 17.6 Å². The summed E-state index contributed by atoms with van der Waals surface area (Å²) in [6, 6.07) is 5.33. The molecule has 0 spiro atoms. The summed E-state index contributed by atoms with van der Waals surface area (Å²) in [6.45, 7) is 1.94. The highest BCUT2D eigenvalue weighted by Gasteiger charge is 2.15. The molecule has 1 N–H and O–H groups in total. The van der Waals surface area contributed by atoms with Gasteiger partial charge in [-0.05, 0) is 19.1 Å². The molecule has 0 aliphatic carbocycles. The van der Waals surface area contributed by atoms with Crippen molar-refractivity contribution in [2.24, 2.45) is 0 Å². The number of nitro benzene ring substituents is 1. The van der Waals surface area contributed by atoms with E-state index >= 15 is 0 Å². The molecule has 0 saturated heterocycles. The van der Waals surface area contributed by atoms with Gasteiger partial charge in [-0.15, -0.1) is 11.3 Å². The Bertz CT molecular complexity index is 1110. The van der Waals surface area contributed by atoms with Crippen LogP contribution >= 0.6 is 22.9 Å². The number of carbonyl (C=O) groups excluding carboxylic acids is 2. The zero-order valence-corrected chi connectivity index (χ0v) is 17.7. The molecule has 0 radical (unpaired) electrons. The first-order valence-corrected chi connectivity index (χ1v) is 10.1. The Morgan fingerprint density at radius 1 is 1.35 bits per heavy atom. The molecule has 11 nitrogen and oxygen atoms in total. The van der Waals surface area contributed by atoms with Gasteiger partial charge in [0, 0.05) is 23.7 Å². The molecule has 1 aromatic carbocycles. The minimum absolute atomic E-state index is 0.0252. The van der Waals surface area contributed by atoms with Crippen LogP contribution in [0.3, 0.4) is 0 Å². The highest BCUT2D eigenvalue weighted by Crippen LogP contribution is 2.28. The number of esters is 1. The van der Waals surface area contributed by atoms with Crippen molar-refractivity contribution in [1.82, 2.24) is 14.8 Å². The molecule has 3 aromatic rings. The maximum absolute atomic E-state index is 12.4. The monoisotopic (exact) mass is 465 g/mol. The first kappa shape index (κ1) is 22.2. The van der Waals surface area contributed by atoms with Gasteiger partial charge in [0.05, 0.1) is 28.7 Å². The highest BCUT2D eigenvalue weighted by molar-refractivity contribution is 7.14. The van der Waals surface area contributed by atoms with E-state index in [9.17, 15) is 19.7 Å². The molecule has 0 unspecified atom stereocenters. The van der Waals surface area contributed by atoms with E-state index in [1.54, 1.807) is 12.3 Å². The molecule has 31 heavy (non-hydrogen) atoms. The van der Waals surface area contributed by atoms with Crippen molar-refractivity contribution in [2.45, 2.75) is 20.1 Å². The third-order valence-electron chi connectivity index (χ3n) is 3.75. The molecule has 162 valence electrons. The van der Waals surface area contributed by atoms with Crippen LogP contribution in [0.4, 0.5) is 10.8 Å². The number of anilines is 1. The summed E-state index contributed by atoms with van der Waals surface area (Å²) in [6.07, 6.45) is 1.56. The summed E-state index contributed by atoms with van der Waals surface area (Å²) in [7, 11) is 0. The van der Waals surface area contributed by atoms with Crippen molar-refractivity contribution in [3.63, 3.8) is 0 Å². The molecule has 0 aliphatic heterocycles. The Kier molecular flexibility index (Phi) is 7.15. The van der Waals surface area contributed by atoms with Crippen LogP contribution in [0.5, 0.6) is 5.75 Å². The van der Waals surface area contributed by atoms with Crippen LogP contribution < -0.4 is 10.1 Å². The SMILES string of the molecule is CCOC(=O)Cc1csc(NC(=O)c2ccn(COc3ccc([N+](=O)[O-])cc3Cl)n2)n1. The number of thiazole rings is 1. The second kappa shape index (κ2) is 10.00. The number of hydrogen-bond donors (Lipinski definition) is 1. The van der Waals surface area contributed by atoms with E-state index < -0.39 is 16.8 Å². The summed E-state index contributed by atoms with van der Waals surface area (Å²) in [5.74, 6) is -0.632. The predicted molar refractivity (Wildman–Crippen MR) is 111 cm³/mol. The number of nitro groups is 1. The van der Waals surface area contributed by atoms with Crippen LogP contribution in [0, 0.1) is 10.1 Å². The van der Waals surface area contributed by atoms with Gasteiger partial charge >= 0.3 is 5.97 Å². The van der Waals surface area contributed by atoms with E-state index in [-0.39, 0.29) is 41.9 Å². The molecule has 0 atom stereocenters.